The van der Waals surface area contributed by atoms with E-state index in [0.29, 0.717) is 22.4 Å². The van der Waals surface area contributed by atoms with Gasteiger partial charge in [0.25, 0.3) is 0 Å². The first kappa shape index (κ1) is 10.7. The molecule has 0 spiro atoms. The van der Waals surface area contributed by atoms with Crippen LogP contribution in [0.15, 0.2) is 30.5 Å². The van der Waals surface area contributed by atoms with Crippen LogP contribution >= 0.6 is 11.6 Å². The normalized spacial score (nSPS) is 10.1. The van der Waals surface area contributed by atoms with Crippen molar-refractivity contribution < 1.29 is 4.74 Å². The molecule has 0 bridgehead atoms. The number of nitrogen functional groups attached to an aromatic ring is 1. The van der Waals surface area contributed by atoms with E-state index in [1.54, 1.807) is 12.1 Å². The number of aromatic nitrogens is 2. The van der Waals surface area contributed by atoms with Gasteiger partial charge in [-0.3, -0.25) is 0 Å². The molecule has 0 saturated heterocycles. The Labute approximate surface area is 98.0 Å². The predicted octanol–water partition coefficient (Wildman–Crippen LogP) is 2.39. The summed E-state index contributed by atoms with van der Waals surface area (Å²) in [5, 5.41) is 0.636. The van der Waals surface area contributed by atoms with E-state index in [0.717, 1.165) is 5.56 Å². The molecule has 0 saturated carbocycles. The number of methoxy groups -OCH3 is 1. The first-order chi connectivity index (χ1) is 7.70. The van der Waals surface area contributed by atoms with Crippen LogP contribution in [0.1, 0.15) is 0 Å². The first-order valence-corrected chi connectivity index (χ1v) is 5.01. The van der Waals surface area contributed by atoms with Crippen molar-refractivity contribution in [3.63, 3.8) is 0 Å². The van der Waals surface area contributed by atoms with Gasteiger partial charge in [-0.15, -0.1) is 0 Å². The molecule has 0 unspecified atom stereocenters. The Bertz CT molecular complexity index is 516. The Kier molecular flexibility index (Phi) is 2.92. The number of nitrogens with two attached hydrogens (primary N) is 1. The van der Waals surface area contributed by atoms with Crippen LogP contribution in [-0.4, -0.2) is 17.1 Å². The highest BCUT2D eigenvalue weighted by Crippen LogP contribution is 2.23. The van der Waals surface area contributed by atoms with Crippen molar-refractivity contribution in [3.05, 3.63) is 35.5 Å². The highest BCUT2D eigenvalue weighted by atomic mass is 35.5. The fourth-order valence-corrected chi connectivity index (χ4v) is 1.50. The molecule has 16 heavy (non-hydrogen) atoms. The van der Waals surface area contributed by atoms with Gasteiger partial charge in [-0.05, 0) is 12.1 Å². The van der Waals surface area contributed by atoms with Gasteiger partial charge in [-0.1, -0.05) is 23.7 Å². The molecule has 0 fully saturated rings. The average molecular weight is 236 g/mol. The quantitative estimate of drug-likeness (QED) is 0.868. The van der Waals surface area contributed by atoms with Gasteiger partial charge in [0.05, 0.1) is 13.3 Å². The molecule has 1 heterocycles. The molecule has 0 radical (unpaired) electrons. The minimum atomic E-state index is 0.366. The van der Waals surface area contributed by atoms with Crippen LogP contribution in [0.3, 0.4) is 0 Å². The Morgan fingerprint density at radius 1 is 1.38 bits per heavy atom. The molecule has 0 aliphatic rings. The summed E-state index contributed by atoms with van der Waals surface area (Å²) in [6.07, 6.45) is 1.52. The van der Waals surface area contributed by atoms with E-state index < -0.39 is 0 Å². The molecule has 82 valence electrons. The highest BCUT2D eigenvalue weighted by Gasteiger charge is 2.06. The molecule has 0 amide bonds. The van der Waals surface area contributed by atoms with Crippen LogP contribution in [0.4, 0.5) is 5.69 Å². The lowest BCUT2D eigenvalue weighted by molar-refractivity contribution is 0.400. The standard InChI is InChI=1S/C11H10ClN3O/c1-16-11-9(13)6-14-10(15-11)7-3-2-4-8(12)5-7/h2-6H,13H2,1H3. The molecule has 1 aromatic carbocycles. The number of halogens is 1. The molecule has 5 heteroatoms. The van der Waals surface area contributed by atoms with Gasteiger partial charge in [-0.2, -0.15) is 4.98 Å². The molecule has 2 N–H and O–H groups in total. The molecular formula is C11H10ClN3O. The summed E-state index contributed by atoms with van der Waals surface area (Å²) in [5.74, 6) is 0.901. The number of ether oxygens (including phenoxy) is 1. The van der Waals surface area contributed by atoms with Gasteiger partial charge in [0.1, 0.15) is 5.69 Å². The van der Waals surface area contributed by atoms with E-state index in [1.165, 1.54) is 13.3 Å². The Morgan fingerprint density at radius 3 is 2.88 bits per heavy atom. The van der Waals surface area contributed by atoms with Crippen molar-refractivity contribution in [1.82, 2.24) is 9.97 Å². The van der Waals surface area contributed by atoms with Gasteiger partial charge < -0.3 is 10.5 Å². The topological polar surface area (TPSA) is 61.0 Å². The highest BCUT2D eigenvalue weighted by molar-refractivity contribution is 6.30. The number of nitrogens with zero attached hydrogens (tertiary/aromatic N) is 2. The fraction of sp³-hybridized carbons (Fsp3) is 0.0909. The third kappa shape index (κ3) is 2.06. The van der Waals surface area contributed by atoms with Crippen molar-refractivity contribution >= 4 is 17.3 Å². The van der Waals surface area contributed by atoms with Crippen molar-refractivity contribution in [2.75, 3.05) is 12.8 Å². The van der Waals surface area contributed by atoms with Crippen molar-refractivity contribution in [2.24, 2.45) is 0 Å². The molecule has 1 aromatic heterocycles. The van der Waals surface area contributed by atoms with Crippen LogP contribution in [0.2, 0.25) is 5.02 Å². The lowest BCUT2D eigenvalue weighted by atomic mass is 10.2. The summed E-state index contributed by atoms with van der Waals surface area (Å²) in [5.41, 5.74) is 6.87. The van der Waals surface area contributed by atoms with Gasteiger partial charge in [0.2, 0.25) is 5.88 Å². The zero-order valence-corrected chi connectivity index (χ0v) is 9.40. The smallest absolute Gasteiger partial charge is 0.240 e. The van der Waals surface area contributed by atoms with E-state index in [2.05, 4.69) is 9.97 Å². The molecule has 2 rings (SSSR count). The zero-order chi connectivity index (χ0) is 11.5. The third-order valence-corrected chi connectivity index (χ3v) is 2.29. The maximum absolute atomic E-state index is 5.89. The van der Waals surface area contributed by atoms with E-state index in [1.807, 2.05) is 12.1 Å². The number of hydrogen-bond acceptors (Lipinski definition) is 4. The van der Waals surface area contributed by atoms with Gasteiger partial charge >= 0.3 is 0 Å². The molecular weight excluding hydrogens is 226 g/mol. The van der Waals surface area contributed by atoms with Crippen molar-refractivity contribution in [2.45, 2.75) is 0 Å². The van der Waals surface area contributed by atoms with Crippen molar-refractivity contribution in [3.8, 4) is 17.3 Å². The molecule has 2 aromatic rings. The second-order valence-corrected chi connectivity index (χ2v) is 3.61. The summed E-state index contributed by atoms with van der Waals surface area (Å²) in [6.45, 7) is 0. The first-order valence-electron chi connectivity index (χ1n) is 4.63. The maximum atomic E-state index is 5.89. The summed E-state index contributed by atoms with van der Waals surface area (Å²) >= 11 is 5.89. The summed E-state index contributed by atoms with van der Waals surface area (Å²) < 4.78 is 5.03. The largest absolute Gasteiger partial charge is 0.479 e. The lowest BCUT2D eigenvalue weighted by Gasteiger charge is -2.05. The second-order valence-electron chi connectivity index (χ2n) is 3.17. The molecule has 0 aliphatic heterocycles. The zero-order valence-electron chi connectivity index (χ0n) is 8.64. The van der Waals surface area contributed by atoms with Crippen LogP contribution < -0.4 is 10.5 Å². The van der Waals surface area contributed by atoms with E-state index in [9.17, 15) is 0 Å². The minimum Gasteiger partial charge on any atom is -0.479 e. The Morgan fingerprint density at radius 2 is 2.19 bits per heavy atom. The second kappa shape index (κ2) is 4.37. The predicted molar refractivity (Wildman–Crippen MR) is 63.4 cm³/mol. The summed E-state index contributed by atoms with van der Waals surface area (Å²) in [6, 6.07) is 7.28. The maximum Gasteiger partial charge on any atom is 0.240 e. The van der Waals surface area contributed by atoms with Gasteiger partial charge in [-0.25, -0.2) is 4.98 Å². The third-order valence-electron chi connectivity index (χ3n) is 2.06. The SMILES string of the molecule is COc1nc(-c2cccc(Cl)c2)ncc1N. The van der Waals surface area contributed by atoms with Crippen LogP contribution in [0, 0.1) is 0 Å². The summed E-state index contributed by atoms with van der Waals surface area (Å²) in [4.78, 5) is 8.31. The average Bonchev–Trinajstić information content (AvgIpc) is 2.29. The van der Waals surface area contributed by atoms with E-state index in [-0.39, 0.29) is 0 Å². The monoisotopic (exact) mass is 235 g/mol. The van der Waals surface area contributed by atoms with E-state index in [4.69, 9.17) is 22.1 Å². The van der Waals surface area contributed by atoms with Gasteiger partial charge in [0, 0.05) is 10.6 Å². The van der Waals surface area contributed by atoms with Crippen LogP contribution in [-0.2, 0) is 0 Å². The number of rotatable bonds is 2. The lowest BCUT2D eigenvalue weighted by Crippen LogP contribution is -1.98. The Hall–Kier alpha value is -1.81. The molecule has 0 aliphatic carbocycles. The number of anilines is 1. The molecule has 4 nitrogen and oxygen atoms in total. The van der Waals surface area contributed by atoms with Crippen LogP contribution in [0.25, 0.3) is 11.4 Å². The van der Waals surface area contributed by atoms with Crippen LogP contribution in [0.5, 0.6) is 5.88 Å². The minimum absolute atomic E-state index is 0.366. The van der Waals surface area contributed by atoms with E-state index >= 15 is 0 Å². The number of hydrogen-bond donors (Lipinski definition) is 1. The summed E-state index contributed by atoms with van der Waals surface area (Å²) in [7, 11) is 1.51. The van der Waals surface area contributed by atoms with Gasteiger partial charge in [0.15, 0.2) is 5.82 Å². The van der Waals surface area contributed by atoms with Crippen molar-refractivity contribution in [1.29, 1.82) is 0 Å². The number of benzene rings is 1. The molecule has 0 atom stereocenters. The fourth-order valence-electron chi connectivity index (χ4n) is 1.31. The Balaban J connectivity index is 2.48.